The van der Waals surface area contributed by atoms with Crippen molar-refractivity contribution >= 4 is 5.69 Å². The first kappa shape index (κ1) is 13.3. The Balaban J connectivity index is 2.10. The second-order valence-corrected chi connectivity index (χ2v) is 3.99. The summed E-state index contributed by atoms with van der Waals surface area (Å²) >= 11 is 0. The Morgan fingerprint density at radius 2 is 2.11 bits per heavy atom. The molecule has 0 saturated heterocycles. The third-order valence-electron chi connectivity index (χ3n) is 2.54. The number of nitrogens with zero attached hydrogens (tertiary/aromatic N) is 3. The van der Waals surface area contributed by atoms with Crippen LogP contribution in [0.15, 0.2) is 18.5 Å². The molecule has 0 aliphatic carbocycles. The van der Waals surface area contributed by atoms with E-state index >= 15 is 0 Å². The Kier molecular flexibility index (Phi) is 3.94. The number of nitrogen functional groups attached to an aromatic ring is 1. The van der Waals surface area contributed by atoms with Crippen LogP contribution >= 0.6 is 0 Å². The number of halogens is 2. The number of anilines is 1. The minimum Gasteiger partial charge on any atom is -0.482 e. The van der Waals surface area contributed by atoms with E-state index in [0.29, 0.717) is 12.4 Å². The molecular formula is C12H14F2N4O. The Hall–Kier alpha value is -2.18. The molecule has 0 bridgehead atoms. The van der Waals surface area contributed by atoms with Crippen molar-refractivity contribution in [3.63, 3.8) is 0 Å². The van der Waals surface area contributed by atoms with Gasteiger partial charge < -0.3 is 10.5 Å². The summed E-state index contributed by atoms with van der Waals surface area (Å²) in [5.41, 5.74) is 5.00. The van der Waals surface area contributed by atoms with Gasteiger partial charge in [-0.15, -0.1) is 0 Å². The van der Waals surface area contributed by atoms with Crippen molar-refractivity contribution in [2.75, 3.05) is 5.73 Å². The van der Waals surface area contributed by atoms with Crippen LogP contribution in [0.25, 0.3) is 0 Å². The Morgan fingerprint density at radius 3 is 2.84 bits per heavy atom. The maximum absolute atomic E-state index is 13.5. The van der Waals surface area contributed by atoms with Gasteiger partial charge in [0, 0.05) is 18.7 Å². The molecule has 2 rings (SSSR count). The number of aromatic nitrogens is 3. The van der Waals surface area contributed by atoms with Crippen molar-refractivity contribution < 1.29 is 13.5 Å². The van der Waals surface area contributed by atoms with Gasteiger partial charge in [0.15, 0.2) is 17.4 Å². The molecule has 1 heterocycles. The van der Waals surface area contributed by atoms with Crippen LogP contribution < -0.4 is 10.5 Å². The van der Waals surface area contributed by atoms with Crippen LogP contribution in [0.3, 0.4) is 0 Å². The highest BCUT2D eigenvalue weighted by molar-refractivity contribution is 5.44. The van der Waals surface area contributed by atoms with Gasteiger partial charge in [0.05, 0.1) is 5.69 Å². The van der Waals surface area contributed by atoms with Crippen LogP contribution in [-0.4, -0.2) is 14.8 Å². The smallest absolute Gasteiger partial charge is 0.167 e. The lowest BCUT2D eigenvalue weighted by molar-refractivity contribution is 0.271. The topological polar surface area (TPSA) is 66.0 Å². The van der Waals surface area contributed by atoms with Gasteiger partial charge in [-0.2, -0.15) is 5.10 Å². The summed E-state index contributed by atoms with van der Waals surface area (Å²) in [5.74, 6) is -1.07. The highest BCUT2D eigenvalue weighted by Crippen LogP contribution is 2.23. The van der Waals surface area contributed by atoms with E-state index in [-0.39, 0.29) is 18.0 Å². The zero-order valence-corrected chi connectivity index (χ0v) is 10.4. The van der Waals surface area contributed by atoms with Gasteiger partial charge in [0.25, 0.3) is 0 Å². The van der Waals surface area contributed by atoms with Crippen LogP contribution in [-0.2, 0) is 13.2 Å². The van der Waals surface area contributed by atoms with Crippen LogP contribution in [0, 0.1) is 11.6 Å². The Labute approximate surface area is 109 Å². The van der Waals surface area contributed by atoms with Crippen molar-refractivity contribution in [2.24, 2.45) is 0 Å². The molecule has 0 amide bonds. The van der Waals surface area contributed by atoms with Crippen LogP contribution in [0.1, 0.15) is 19.2 Å². The van der Waals surface area contributed by atoms with E-state index in [0.717, 1.165) is 18.6 Å². The lowest BCUT2D eigenvalue weighted by Gasteiger charge is -2.09. The van der Waals surface area contributed by atoms with Gasteiger partial charge in [-0.25, -0.2) is 18.4 Å². The average Bonchev–Trinajstić information content (AvgIpc) is 2.80. The second-order valence-electron chi connectivity index (χ2n) is 3.99. The van der Waals surface area contributed by atoms with Gasteiger partial charge in [0.2, 0.25) is 0 Å². The molecule has 0 aliphatic heterocycles. The summed E-state index contributed by atoms with van der Waals surface area (Å²) in [6.45, 7) is 2.71. The monoisotopic (exact) mass is 268 g/mol. The maximum Gasteiger partial charge on any atom is 0.167 e. The van der Waals surface area contributed by atoms with Crippen molar-refractivity contribution in [3.05, 3.63) is 35.9 Å². The number of aryl methyl sites for hydroxylation is 1. The van der Waals surface area contributed by atoms with Crippen molar-refractivity contribution in [1.29, 1.82) is 0 Å². The Morgan fingerprint density at radius 1 is 1.32 bits per heavy atom. The molecular weight excluding hydrogens is 254 g/mol. The molecule has 19 heavy (non-hydrogen) atoms. The quantitative estimate of drug-likeness (QED) is 0.843. The molecule has 1 aromatic heterocycles. The summed E-state index contributed by atoms with van der Waals surface area (Å²) in [4.78, 5) is 4.01. The van der Waals surface area contributed by atoms with E-state index in [9.17, 15) is 8.78 Å². The summed E-state index contributed by atoms with van der Waals surface area (Å²) in [7, 11) is 0. The zero-order valence-electron chi connectivity index (χ0n) is 10.4. The van der Waals surface area contributed by atoms with Gasteiger partial charge >= 0.3 is 0 Å². The standard InChI is InChI=1S/C12H14F2N4O/c1-2-3-18-12(16-7-17-18)6-19-11-5-8(13)10(15)4-9(11)14/h4-5,7H,2-3,6,15H2,1H3. The predicted octanol–water partition coefficient (Wildman–Crippen LogP) is 2.13. The summed E-state index contributed by atoms with van der Waals surface area (Å²) in [5, 5.41) is 4.01. The van der Waals surface area contributed by atoms with Crippen molar-refractivity contribution in [1.82, 2.24) is 14.8 Å². The third kappa shape index (κ3) is 2.98. The fourth-order valence-corrected chi connectivity index (χ4v) is 1.60. The molecule has 0 saturated carbocycles. The fraction of sp³-hybridized carbons (Fsp3) is 0.333. The van der Waals surface area contributed by atoms with Gasteiger partial charge in [-0.1, -0.05) is 6.92 Å². The molecule has 0 radical (unpaired) electrons. The average molecular weight is 268 g/mol. The molecule has 7 heteroatoms. The van der Waals surface area contributed by atoms with E-state index in [1.807, 2.05) is 6.92 Å². The Bertz CT molecular complexity index is 571. The molecule has 0 aliphatic rings. The fourth-order valence-electron chi connectivity index (χ4n) is 1.60. The molecule has 2 N–H and O–H groups in total. The highest BCUT2D eigenvalue weighted by Gasteiger charge is 2.11. The highest BCUT2D eigenvalue weighted by atomic mass is 19.1. The minimum absolute atomic E-state index is 0.0142. The normalized spacial score (nSPS) is 10.7. The lowest BCUT2D eigenvalue weighted by Crippen LogP contribution is -2.09. The second kappa shape index (κ2) is 5.64. The van der Waals surface area contributed by atoms with E-state index in [4.69, 9.17) is 10.5 Å². The first-order valence-corrected chi connectivity index (χ1v) is 5.85. The van der Waals surface area contributed by atoms with Gasteiger partial charge in [-0.3, -0.25) is 0 Å². The molecule has 0 spiro atoms. The molecule has 0 unspecified atom stereocenters. The third-order valence-corrected chi connectivity index (χ3v) is 2.54. The van der Waals surface area contributed by atoms with E-state index in [1.165, 1.54) is 6.33 Å². The first-order chi connectivity index (χ1) is 9.11. The first-order valence-electron chi connectivity index (χ1n) is 5.85. The minimum atomic E-state index is -0.716. The summed E-state index contributed by atoms with van der Waals surface area (Å²) in [6.07, 6.45) is 2.29. The lowest BCUT2D eigenvalue weighted by atomic mass is 10.3. The zero-order chi connectivity index (χ0) is 13.8. The SMILES string of the molecule is CCCn1ncnc1COc1cc(F)c(N)cc1F. The van der Waals surface area contributed by atoms with Crippen molar-refractivity contribution in [3.8, 4) is 5.75 Å². The van der Waals surface area contributed by atoms with E-state index in [1.54, 1.807) is 4.68 Å². The van der Waals surface area contributed by atoms with Crippen molar-refractivity contribution in [2.45, 2.75) is 26.5 Å². The van der Waals surface area contributed by atoms with E-state index in [2.05, 4.69) is 10.1 Å². The van der Waals surface area contributed by atoms with Crippen LogP contribution in [0.2, 0.25) is 0 Å². The molecule has 2 aromatic rings. The van der Waals surface area contributed by atoms with E-state index < -0.39 is 11.6 Å². The number of ether oxygens (including phenoxy) is 1. The largest absolute Gasteiger partial charge is 0.482 e. The van der Waals surface area contributed by atoms with Gasteiger partial charge in [0.1, 0.15) is 18.8 Å². The molecule has 0 atom stereocenters. The molecule has 0 fully saturated rings. The number of rotatable bonds is 5. The van der Waals surface area contributed by atoms with Gasteiger partial charge in [-0.05, 0) is 6.42 Å². The number of benzene rings is 1. The summed E-state index contributed by atoms with van der Waals surface area (Å²) < 4.78 is 33.6. The molecule has 1 aromatic carbocycles. The molecule has 102 valence electrons. The molecule has 5 nitrogen and oxygen atoms in total. The van der Waals surface area contributed by atoms with Crippen LogP contribution in [0.4, 0.5) is 14.5 Å². The number of hydrogen-bond donors (Lipinski definition) is 1. The van der Waals surface area contributed by atoms with Crippen LogP contribution in [0.5, 0.6) is 5.75 Å². The summed E-state index contributed by atoms with van der Waals surface area (Å²) in [6, 6.07) is 1.81. The number of nitrogens with two attached hydrogens (primary N) is 1. The predicted molar refractivity (Wildman–Crippen MR) is 65.4 cm³/mol. The number of hydrogen-bond acceptors (Lipinski definition) is 4. The maximum atomic E-state index is 13.5.